The number of rotatable bonds is 4. The molecule has 3 heteroatoms. The minimum Gasteiger partial charge on any atom is -0.496 e. The molecule has 0 aliphatic rings. The first-order valence-electron chi connectivity index (χ1n) is 5.61. The minimum atomic E-state index is -0.0380. The highest BCUT2D eigenvalue weighted by atomic mass is 32.1. The molecule has 0 saturated carbocycles. The number of carbonyl (C=O) groups excluding carboxylic acids is 1. The molecule has 0 amide bonds. The Hall–Kier alpha value is -1.87. The van der Waals surface area contributed by atoms with Gasteiger partial charge in [-0.1, -0.05) is 17.7 Å². The van der Waals surface area contributed by atoms with Crippen LogP contribution in [0.5, 0.6) is 5.75 Å². The van der Waals surface area contributed by atoms with E-state index in [0.29, 0.717) is 11.3 Å². The number of aryl methyl sites for hydroxylation is 1. The van der Waals surface area contributed by atoms with Gasteiger partial charge in [0.15, 0.2) is 5.78 Å². The monoisotopic (exact) mass is 258 g/mol. The van der Waals surface area contributed by atoms with Crippen molar-refractivity contribution < 1.29 is 9.53 Å². The maximum atomic E-state index is 12.1. The predicted molar refractivity (Wildman–Crippen MR) is 75.4 cm³/mol. The van der Waals surface area contributed by atoms with Crippen molar-refractivity contribution in [1.29, 1.82) is 0 Å². The van der Waals surface area contributed by atoms with E-state index in [1.807, 2.05) is 48.7 Å². The maximum Gasteiger partial charge on any atom is 0.189 e. The summed E-state index contributed by atoms with van der Waals surface area (Å²) in [6, 6.07) is 9.53. The Morgan fingerprint density at radius 1 is 1.33 bits per heavy atom. The van der Waals surface area contributed by atoms with Crippen LogP contribution in [0.4, 0.5) is 0 Å². The van der Waals surface area contributed by atoms with Crippen molar-refractivity contribution in [3.05, 3.63) is 57.8 Å². The van der Waals surface area contributed by atoms with Crippen LogP contribution in [-0.4, -0.2) is 12.9 Å². The molecule has 1 aromatic carbocycles. The van der Waals surface area contributed by atoms with Gasteiger partial charge >= 0.3 is 0 Å². The van der Waals surface area contributed by atoms with Crippen LogP contribution in [0.2, 0.25) is 0 Å². The molecule has 0 aliphatic heterocycles. The summed E-state index contributed by atoms with van der Waals surface area (Å²) in [7, 11) is 1.57. The van der Waals surface area contributed by atoms with Gasteiger partial charge in [0.25, 0.3) is 0 Å². The summed E-state index contributed by atoms with van der Waals surface area (Å²) in [6.45, 7) is 1.96. The molecule has 0 fully saturated rings. The third kappa shape index (κ3) is 2.87. The Labute approximate surface area is 111 Å². The summed E-state index contributed by atoms with van der Waals surface area (Å²) in [4.78, 5) is 13.2. The minimum absolute atomic E-state index is 0.0380. The normalized spacial score (nSPS) is 10.8. The molecule has 2 aromatic rings. The van der Waals surface area contributed by atoms with Crippen LogP contribution in [0, 0.1) is 6.92 Å². The van der Waals surface area contributed by atoms with Crippen LogP contribution >= 0.6 is 11.3 Å². The Morgan fingerprint density at radius 3 is 2.83 bits per heavy atom. The SMILES string of the molecule is COc1ccc(C)cc1C(=O)/C=C/c1cccs1. The number of ether oxygens (including phenoxy) is 1. The van der Waals surface area contributed by atoms with Crippen molar-refractivity contribution >= 4 is 23.2 Å². The van der Waals surface area contributed by atoms with Crippen molar-refractivity contribution in [3.63, 3.8) is 0 Å². The van der Waals surface area contributed by atoms with Gasteiger partial charge in [0.2, 0.25) is 0 Å². The molecule has 0 saturated heterocycles. The van der Waals surface area contributed by atoms with Crippen LogP contribution < -0.4 is 4.74 Å². The Bertz CT molecular complexity index is 568. The van der Waals surface area contributed by atoms with Crippen LogP contribution in [0.25, 0.3) is 6.08 Å². The van der Waals surface area contributed by atoms with Gasteiger partial charge in [-0.25, -0.2) is 0 Å². The number of hydrogen-bond acceptors (Lipinski definition) is 3. The number of ketones is 1. The molecular weight excluding hydrogens is 244 g/mol. The van der Waals surface area contributed by atoms with E-state index >= 15 is 0 Å². The first-order chi connectivity index (χ1) is 8.70. The molecule has 0 atom stereocenters. The first kappa shape index (κ1) is 12.6. The van der Waals surface area contributed by atoms with Crippen molar-refractivity contribution in [2.24, 2.45) is 0 Å². The molecule has 0 aliphatic carbocycles. The van der Waals surface area contributed by atoms with Crippen LogP contribution in [0.3, 0.4) is 0 Å². The molecule has 0 radical (unpaired) electrons. The van der Waals surface area contributed by atoms with E-state index < -0.39 is 0 Å². The lowest BCUT2D eigenvalue weighted by atomic mass is 10.1. The fourth-order valence-electron chi connectivity index (χ4n) is 1.65. The highest BCUT2D eigenvalue weighted by molar-refractivity contribution is 7.10. The van der Waals surface area contributed by atoms with Crippen molar-refractivity contribution in [2.45, 2.75) is 6.92 Å². The molecule has 0 spiro atoms. The molecule has 1 aromatic heterocycles. The zero-order valence-electron chi connectivity index (χ0n) is 10.3. The smallest absolute Gasteiger partial charge is 0.189 e. The summed E-state index contributed by atoms with van der Waals surface area (Å²) < 4.78 is 5.21. The van der Waals surface area contributed by atoms with Gasteiger partial charge in [-0.3, -0.25) is 4.79 Å². The number of methoxy groups -OCH3 is 1. The summed E-state index contributed by atoms with van der Waals surface area (Å²) >= 11 is 1.60. The van der Waals surface area contributed by atoms with Gasteiger partial charge in [-0.05, 0) is 42.7 Å². The second-order valence-corrected chi connectivity index (χ2v) is 4.90. The Morgan fingerprint density at radius 2 is 2.17 bits per heavy atom. The average Bonchev–Trinajstić information content (AvgIpc) is 2.89. The molecule has 18 heavy (non-hydrogen) atoms. The second kappa shape index (κ2) is 5.65. The quantitative estimate of drug-likeness (QED) is 0.613. The fraction of sp³-hybridized carbons (Fsp3) is 0.133. The van der Waals surface area contributed by atoms with Gasteiger partial charge in [0, 0.05) is 4.88 Å². The molecule has 92 valence electrons. The topological polar surface area (TPSA) is 26.3 Å². The van der Waals surface area contributed by atoms with Gasteiger partial charge in [0.1, 0.15) is 5.75 Å². The third-order valence-corrected chi connectivity index (χ3v) is 3.40. The predicted octanol–water partition coefficient (Wildman–Crippen LogP) is 3.96. The van der Waals surface area contributed by atoms with Crippen LogP contribution in [0.15, 0.2) is 41.8 Å². The van der Waals surface area contributed by atoms with Gasteiger partial charge < -0.3 is 4.74 Å². The lowest BCUT2D eigenvalue weighted by Crippen LogP contribution is -1.99. The molecule has 1 heterocycles. The van der Waals surface area contributed by atoms with Crippen molar-refractivity contribution in [1.82, 2.24) is 0 Å². The molecule has 0 unspecified atom stereocenters. The second-order valence-electron chi connectivity index (χ2n) is 3.92. The fourth-order valence-corrected chi connectivity index (χ4v) is 2.27. The molecular formula is C15H14O2S. The van der Waals surface area contributed by atoms with E-state index in [2.05, 4.69) is 0 Å². The third-order valence-electron chi connectivity index (χ3n) is 2.56. The summed E-state index contributed by atoms with van der Waals surface area (Å²) in [5.74, 6) is 0.574. The number of allylic oxidation sites excluding steroid dienone is 1. The van der Waals surface area contributed by atoms with Crippen LogP contribution in [0.1, 0.15) is 20.8 Å². The lowest BCUT2D eigenvalue weighted by molar-refractivity contribution is 0.104. The van der Waals surface area contributed by atoms with Gasteiger partial charge in [-0.2, -0.15) is 0 Å². The lowest BCUT2D eigenvalue weighted by Gasteiger charge is -2.06. The number of hydrogen-bond donors (Lipinski definition) is 0. The van der Waals surface area contributed by atoms with E-state index in [1.54, 1.807) is 24.5 Å². The van der Waals surface area contributed by atoms with E-state index in [4.69, 9.17) is 4.74 Å². The molecule has 2 rings (SSSR count). The van der Waals surface area contributed by atoms with Gasteiger partial charge in [-0.15, -0.1) is 11.3 Å². The van der Waals surface area contributed by atoms with Crippen molar-refractivity contribution in [2.75, 3.05) is 7.11 Å². The summed E-state index contributed by atoms with van der Waals surface area (Å²) in [6.07, 6.45) is 3.41. The zero-order valence-corrected chi connectivity index (χ0v) is 11.2. The Kier molecular flexibility index (Phi) is 3.95. The molecule has 2 nitrogen and oxygen atoms in total. The highest BCUT2D eigenvalue weighted by Gasteiger charge is 2.09. The molecule has 0 bridgehead atoms. The van der Waals surface area contributed by atoms with Crippen LogP contribution in [-0.2, 0) is 0 Å². The highest BCUT2D eigenvalue weighted by Crippen LogP contribution is 2.21. The largest absolute Gasteiger partial charge is 0.496 e. The summed E-state index contributed by atoms with van der Waals surface area (Å²) in [5, 5.41) is 1.98. The standard InChI is InChI=1S/C15H14O2S/c1-11-5-8-15(17-2)13(10-11)14(16)7-6-12-4-3-9-18-12/h3-10H,1-2H3/b7-6+. The first-order valence-corrected chi connectivity index (χ1v) is 6.49. The number of carbonyl (C=O) groups is 1. The van der Waals surface area contributed by atoms with E-state index in [9.17, 15) is 4.79 Å². The van der Waals surface area contributed by atoms with Crippen molar-refractivity contribution in [3.8, 4) is 5.75 Å². The van der Waals surface area contributed by atoms with E-state index in [-0.39, 0.29) is 5.78 Å². The summed E-state index contributed by atoms with van der Waals surface area (Å²) in [5.41, 5.74) is 1.65. The number of thiophene rings is 1. The van der Waals surface area contributed by atoms with E-state index in [1.165, 1.54) is 0 Å². The van der Waals surface area contributed by atoms with Gasteiger partial charge in [0.05, 0.1) is 12.7 Å². The van der Waals surface area contributed by atoms with E-state index in [0.717, 1.165) is 10.4 Å². The number of benzene rings is 1. The average molecular weight is 258 g/mol. The Balaban J connectivity index is 2.26. The zero-order chi connectivity index (χ0) is 13.0. The maximum absolute atomic E-state index is 12.1. The molecule has 0 N–H and O–H groups in total.